The van der Waals surface area contributed by atoms with Crippen LogP contribution in [0.4, 0.5) is 11.4 Å². The Hall–Kier alpha value is -3.60. The van der Waals surface area contributed by atoms with Gasteiger partial charge in [-0.3, -0.25) is 9.59 Å². The summed E-state index contributed by atoms with van der Waals surface area (Å²) in [5.41, 5.74) is 3.37. The van der Waals surface area contributed by atoms with E-state index in [1.165, 1.54) is 0 Å². The second-order valence-electron chi connectivity index (χ2n) is 9.12. The maximum Gasteiger partial charge on any atom is 0.258 e. The number of carbonyl (C=O) groups is 2. The highest BCUT2D eigenvalue weighted by Gasteiger charge is 2.38. The summed E-state index contributed by atoms with van der Waals surface area (Å²) in [5.74, 6) is 0.798. The number of rotatable bonds is 8. The van der Waals surface area contributed by atoms with Crippen molar-refractivity contribution in [3.05, 3.63) is 90.0 Å². The first-order valence-electron chi connectivity index (χ1n) is 12.5. The van der Waals surface area contributed by atoms with Gasteiger partial charge in [-0.05, 0) is 67.8 Å². The Labute approximate surface area is 208 Å². The van der Waals surface area contributed by atoms with E-state index in [9.17, 15) is 9.59 Å². The second-order valence-corrected chi connectivity index (χ2v) is 9.12. The molecule has 2 amide bonds. The predicted octanol–water partition coefficient (Wildman–Crippen LogP) is 6.79. The molecule has 1 heterocycles. The number of nitrogens with zero attached hydrogens (tertiary/aromatic N) is 2. The number of methoxy groups -OCH3 is 1. The number of unbranched alkanes of at least 4 members (excludes halogenated alkanes) is 2. The fourth-order valence-corrected chi connectivity index (χ4v) is 4.94. The molecule has 3 aromatic carbocycles. The van der Waals surface area contributed by atoms with E-state index in [1.54, 1.807) is 19.2 Å². The standard InChI is InChI=1S/C30H34N2O3/c1-4-5-7-16-29(33)32(24-12-8-6-9-13-24)28-21-22(2)31(27-15-11-10-14-26(27)28)30(34)23-17-19-25(35-3)20-18-23/h6,8-15,17-20,22,28H,4-5,7,16,21H2,1-3H3. The first-order chi connectivity index (χ1) is 17.0. The molecule has 0 saturated heterocycles. The van der Waals surface area contributed by atoms with Crippen LogP contribution in [0.1, 0.15) is 67.9 Å². The van der Waals surface area contributed by atoms with E-state index >= 15 is 0 Å². The summed E-state index contributed by atoms with van der Waals surface area (Å²) in [5, 5.41) is 0. The lowest BCUT2D eigenvalue weighted by Crippen LogP contribution is -2.47. The molecular formula is C30H34N2O3. The highest BCUT2D eigenvalue weighted by molar-refractivity contribution is 6.07. The van der Waals surface area contributed by atoms with Crippen molar-refractivity contribution in [3.8, 4) is 5.75 Å². The Morgan fingerprint density at radius 1 is 0.943 bits per heavy atom. The van der Waals surface area contributed by atoms with Crippen molar-refractivity contribution < 1.29 is 14.3 Å². The Morgan fingerprint density at radius 2 is 1.63 bits per heavy atom. The van der Waals surface area contributed by atoms with Gasteiger partial charge in [-0.25, -0.2) is 0 Å². The molecule has 0 aliphatic carbocycles. The zero-order valence-electron chi connectivity index (χ0n) is 20.8. The lowest BCUT2D eigenvalue weighted by Gasteiger charge is -2.43. The Kier molecular flexibility index (Phi) is 7.86. The topological polar surface area (TPSA) is 49.9 Å². The summed E-state index contributed by atoms with van der Waals surface area (Å²) >= 11 is 0. The third-order valence-corrected chi connectivity index (χ3v) is 6.73. The molecule has 5 nitrogen and oxygen atoms in total. The van der Waals surface area contributed by atoms with Gasteiger partial charge in [0.25, 0.3) is 5.91 Å². The van der Waals surface area contributed by atoms with Gasteiger partial charge in [-0.15, -0.1) is 0 Å². The molecule has 1 aliphatic heterocycles. The van der Waals surface area contributed by atoms with Gasteiger partial charge in [0.1, 0.15) is 5.75 Å². The number of carbonyl (C=O) groups excluding carboxylic acids is 2. The van der Waals surface area contributed by atoms with Gasteiger partial charge in [0.15, 0.2) is 0 Å². The van der Waals surface area contributed by atoms with Gasteiger partial charge in [0.2, 0.25) is 5.91 Å². The van der Waals surface area contributed by atoms with Crippen molar-refractivity contribution in [2.24, 2.45) is 0 Å². The second kappa shape index (κ2) is 11.2. The van der Waals surface area contributed by atoms with Crippen LogP contribution in [0.2, 0.25) is 0 Å². The van der Waals surface area contributed by atoms with Crippen LogP contribution in [0, 0.1) is 0 Å². The molecule has 0 radical (unpaired) electrons. The van der Waals surface area contributed by atoms with Crippen molar-refractivity contribution in [2.45, 2.75) is 58.0 Å². The third-order valence-electron chi connectivity index (χ3n) is 6.73. The predicted molar refractivity (Wildman–Crippen MR) is 141 cm³/mol. The van der Waals surface area contributed by atoms with Crippen molar-refractivity contribution in [2.75, 3.05) is 16.9 Å². The summed E-state index contributed by atoms with van der Waals surface area (Å²) < 4.78 is 5.25. The number of benzene rings is 3. The summed E-state index contributed by atoms with van der Waals surface area (Å²) in [4.78, 5) is 31.0. The van der Waals surface area contributed by atoms with Crippen LogP contribution in [0.25, 0.3) is 0 Å². The molecule has 0 aromatic heterocycles. The molecule has 0 spiro atoms. The van der Waals surface area contributed by atoms with Gasteiger partial charge in [0, 0.05) is 29.4 Å². The van der Waals surface area contributed by atoms with E-state index in [1.807, 2.05) is 70.5 Å². The number of hydrogen-bond acceptors (Lipinski definition) is 3. The fraction of sp³-hybridized carbons (Fsp3) is 0.333. The van der Waals surface area contributed by atoms with Gasteiger partial charge in [-0.2, -0.15) is 0 Å². The molecule has 2 unspecified atom stereocenters. The molecule has 3 aromatic rings. The van der Waals surface area contributed by atoms with Crippen molar-refractivity contribution >= 4 is 23.2 Å². The molecular weight excluding hydrogens is 436 g/mol. The fourth-order valence-electron chi connectivity index (χ4n) is 4.94. The van der Waals surface area contributed by atoms with Crippen molar-refractivity contribution in [1.82, 2.24) is 0 Å². The van der Waals surface area contributed by atoms with E-state index in [-0.39, 0.29) is 23.9 Å². The quantitative estimate of drug-likeness (QED) is 0.341. The monoisotopic (exact) mass is 470 g/mol. The third kappa shape index (κ3) is 5.24. The average Bonchev–Trinajstić information content (AvgIpc) is 2.89. The number of hydrogen-bond donors (Lipinski definition) is 0. The van der Waals surface area contributed by atoms with Crippen LogP contribution < -0.4 is 14.5 Å². The highest BCUT2D eigenvalue weighted by Crippen LogP contribution is 2.43. The molecule has 0 saturated carbocycles. The number of ether oxygens (including phenoxy) is 1. The van der Waals surface area contributed by atoms with Crippen molar-refractivity contribution in [3.63, 3.8) is 0 Å². The summed E-state index contributed by atoms with van der Waals surface area (Å²) in [6, 6.07) is 24.9. The van der Waals surface area contributed by atoms with Crippen LogP contribution >= 0.6 is 0 Å². The molecule has 35 heavy (non-hydrogen) atoms. The minimum absolute atomic E-state index is 0.0495. The molecule has 182 valence electrons. The highest BCUT2D eigenvalue weighted by atomic mass is 16.5. The molecule has 0 bridgehead atoms. The van der Waals surface area contributed by atoms with E-state index in [0.717, 1.165) is 36.2 Å². The largest absolute Gasteiger partial charge is 0.497 e. The maximum atomic E-state index is 13.6. The van der Waals surface area contributed by atoms with Gasteiger partial charge >= 0.3 is 0 Å². The molecule has 2 atom stereocenters. The number of fused-ring (bicyclic) bond motifs is 1. The SMILES string of the molecule is CCCCCC(=O)N(c1ccccc1)C1CC(C)N(C(=O)c2ccc(OC)cc2)c2ccccc21. The van der Waals surface area contributed by atoms with Crippen LogP contribution in [-0.4, -0.2) is 25.0 Å². The lowest BCUT2D eigenvalue weighted by atomic mass is 9.89. The van der Waals surface area contributed by atoms with Crippen LogP contribution in [0.15, 0.2) is 78.9 Å². The average molecular weight is 471 g/mol. The number of amides is 2. The van der Waals surface area contributed by atoms with E-state index in [0.29, 0.717) is 24.2 Å². The smallest absolute Gasteiger partial charge is 0.258 e. The molecule has 4 rings (SSSR count). The van der Waals surface area contributed by atoms with Crippen LogP contribution in [0.5, 0.6) is 5.75 Å². The molecule has 1 aliphatic rings. The van der Waals surface area contributed by atoms with E-state index in [2.05, 4.69) is 19.9 Å². The number of anilines is 2. The van der Waals surface area contributed by atoms with Crippen molar-refractivity contribution in [1.29, 1.82) is 0 Å². The zero-order valence-corrected chi connectivity index (χ0v) is 20.8. The zero-order chi connectivity index (χ0) is 24.8. The van der Waals surface area contributed by atoms with Gasteiger partial charge in [0.05, 0.1) is 13.2 Å². The minimum Gasteiger partial charge on any atom is -0.497 e. The van der Waals surface area contributed by atoms with E-state index in [4.69, 9.17) is 4.74 Å². The van der Waals surface area contributed by atoms with Gasteiger partial charge in [-0.1, -0.05) is 56.2 Å². The maximum absolute atomic E-state index is 13.6. The van der Waals surface area contributed by atoms with E-state index < -0.39 is 0 Å². The summed E-state index contributed by atoms with van der Waals surface area (Å²) in [6.45, 7) is 4.21. The lowest BCUT2D eigenvalue weighted by molar-refractivity contribution is -0.119. The molecule has 0 N–H and O–H groups in total. The Morgan fingerprint density at radius 3 is 2.31 bits per heavy atom. The first kappa shape index (κ1) is 24.5. The van der Waals surface area contributed by atoms with Gasteiger partial charge < -0.3 is 14.5 Å². The van der Waals surface area contributed by atoms with Crippen LogP contribution in [-0.2, 0) is 4.79 Å². The van der Waals surface area contributed by atoms with Crippen LogP contribution in [0.3, 0.4) is 0 Å². The minimum atomic E-state index is -0.141. The normalized spacial score (nSPS) is 16.9. The number of para-hydroxylation sites is 2. The Balaban J connectivity index is 1.72. The Bertz CT molecular complexity index is 1140. The molecule has 0 fully saturated rings. The first-order valence-corrected chi connectivity index (χ1v) is 12.5. The molecule has 5 heteroatoms. The summed E-state index contributed by atoms with van der Waals surface area (Å²) in [7, 11) is 1.61. The summed E-state index contributed by atoms with van der Waals surface area (Å²) in [6.07, 6.45) is 4.17.